The summed E-state index contributed by atoms with van der Waals surface area (Å²) >= 11 is 5.95. The maximum Gasteiger partial charge on any atom is 0.350 e. The van der Waals surface area contributed by atoms with Crippen LogP contribution in [0.2, 0.25) is 5.02 Å². The molecule has 0 atom stereocenters. The standard InChI is InChI=1S/C19H22ClN5O/c20-16-5-3-6-17(15-16)23-13-11-22(12-14-23)8-4-10-25-19(26)24-9-2-1-7-18(24)21-25/h1-3,5-7,9,15H,4,8,10-14H2/i1D,2D,3D,5D,6D,7D,9D,10D2,13D2,14D2,15D. The fraction of sp³-hybridized carbons (Fsp3) is 0.368. The third kappa shape index (κ3) is 3.61. The number of hydrogen-bond acceptors (Lipinski definition) is 4. The van der Waals surface area contributed by atoms with E-state index in [1.165, 1.54) is 4.90 Å². The lowest BCUT2D eigenvalue weighted by molar-refractivity contribution is 0.248. The zero-order chi connectivity index (χ0) is 30.3. The number of fused-ring (bicyclic) bond motifs is 1. The Bertz CT molecular complexity index is 1540. The molecule has 3 heterocycles. The van der Waals surface area contributed by atoms with Crippen LogP contribution in [-0.2, 0) is 6.50 Å². The molecule has 0 aliphatic carbocycles. The highest BCUT2D eigenvalue weighted by molar-refractivity contribution is 6.30. The minimum Gasteiger partial charge on any atom is -0.369 e. The number of aromatic nitrogens is 3. The van der Waals surface area contributed by atoms with Crippen LogP contribution >= 0.6 is 11.6 Å². The van der Waals surface area contributed by atoms with Gasteiger partial charge in [0.1, 0.15) is 0 Å². The molecule has 1 fully saturated rings. The van der Waals surface area contributed by atoms with Crippen LogP contribution < -0.4 is 10.6 Å². The van der Waals surface area contributed by atoms with Crippen molar-refractivity contribution in [1.29, 1.82) is 0 Å². The van der Waals surface area contributed by atoms with Crippen LogP contribution in [0.5, 0.6) is 0 Å². The fourth-order valence-electron chi connectivity index (χ4n) is 2.33. The molecule has 0 spiro atoms. The van der Waals surface area contributed by atoms with Crippen LogP contribution in [0.4, 0.5) is 5.69 Å². The van der Waals surface area contributed by atoms with Gasteiger partial charge in [0.25, 0.3) is 0 Å². The Kier molecular flexibility index (Phi) is 2.13. The van der Waals surface area contributed by atoms with Crippen molar-refractivity contribution in [2.75, 3.05) is 37.5 Å². The summed E-state index contributed by atoms with van der Waals surface area (Å²) in [4.78, 5) is 14.6. The first kappa shape index (κ1) is 7.37. The van der Waals surface area contributed by atoms with Gasteiger partial charge in [0.2, 0.25) is 0 Å². The lowest BCUT2D eigenvalue weighted by Gasteiger charge is -2.36. The van der Waals surface area contributed by atoms with Gasteiger partial charge in [-0.25, -0.2) is 9.48 Å². The number of anilines is 1. The molecule has 2 aromatic heterocycles. The summed E-state index contributed by atoms with van der Waals surface area (Å²) < 4.78 is 115. The largest absolute Gasteiger partial charge is 0.369 e. The topological polar surface area (TPSA) is 45.8 Å². The molecule has 136 valence electrons. The third-order valence-corrected chi connectivity index (χ3v) is 3.77. The van der Waals surface area contributed by atoms with E-state index < -0.39 is 110 Å². The molecule has 6 nitrogen and oxygen atoms in total. The van der Waals surface area contributed by atoms with E-state index in [0.29, 0.717) is 14.0 Å². The second-order valence-corrected chi connectivity index (χ2v) is 5.65. The zero-order valence-corrected chi connectivity index (χ0v) is 14.1. The summed E-state index contributed by atoms with van der Waals surface area (Å²) in [5.74, 6) is 0. The van der Waals surface area contributed by atoms with Gasteiger partial charge in [-0.15, -0.1) is 5.10 Å². The molecule has 7 heteroatoms. The average Bonchev–Trinajstić information content (AvgIpc) is 3.21. The smallest absolute Gasteiger partial charge is 0.350 e. The van der Waals surface area contributed by atoms with Crippen molar-refractivity contribution in [3.63, 3.8) is 0 Å². The van der Waals surface area contributed by atoms with Gasteiger partial charge in [-0.3, -0.25) is 9.30 Å². The summed E-state index contributed by atoms with van der Waals surface area (Å²) in [5, 5.41) is 3.25. The Labute approximate surface area is 176 Å². The first-order valence-electron chi connectivity index (χ1n) is 14.6. The predicted octanol–water partition coefficient (Wildman–Crippen LogP) is 2.36. The highest BCUT2D eigenvalue weighted by atomic mass is 35.5. The van der Waals surface area contributed by atoms with E-state index in [1.54, 1.807) is 0 Å². The van der Waals surface area contributed by atoms with E-state index in [2.05, 4.69) is 5.10 Å². The van der Waals surface area contributed by atoms with Crippen molar-refractivity contribution in [2.24, 2.45) is 0 Å². The number of halogens is 1. The highest BCUT2D eigenvalue weighted by Gasteiger charge is 2.17. The number of pyridine rings is 1. The van der Waals surface area contributed by atoms with Gasteiger partial charge in [-0.05, 0) is 36.6 Å². The number of piperazine rings is 1. The van der Waals surface area contributed by atoms with E-state index in [1.807, 2.05) is 0 Å². The molecule has 1 aliphatic heterocycles. The van der Waals surface area contributed by atoms with Crippen molar-refractivity contribution < 1.29 is 19.2 Å². The SMILES string of the molecule is [2H]c1c([2H])c(Cl)c([2H])c(N2C([2H])([2H])CN(CCC([2H])([2H])n3nc4c([2H])c([2H])c([2H])c([2H])n4c3=O)CC2([2H])[2H])c1[2H]. The number of benzene rings is 1. The minimum absolute atomic E-state index is 0.299. The quantitative estimate of drug-likeness (QED) is 0.676. The van der Waals surface area contributed by atoms with E-state index in [0.717, 1.165) is 0 Å². The van der Waals surface area contributed by atoms with Crippen LogP contribution in [-0.4, -0.2) is 51.7 Å². The van der Waals surface area contributed by atoms with Crippen molar-refractivity contribution >= 4 is 22.9 Å². The summed E-state index contributed by atoms with van der Waals surface area (Å²) in [6.07, 6.45) is -1.26. The molecule has 0 amide bonds. The van der Waals surface area contributed by atoms with Crippen molar-refractivity contribution in [1.82, 2.24) is 19.1 Å². The molecule has 1 saturated heterocycles. The molecule has 1 aromatic carbocycles. The van der Waals surface area contributed by atoms with Gasteiger partial charge in [0.15, 0.2) is 5.65 Å². The third-order valence-electron chi connectivity index (χ3n) is 3.58. The normalized spacial score (nSPS) is 27.8. The summed E-state index contributed by atoms with van der Waals surface area (Å²) in [6.45, 7) is -9.11. The molecule has 0 radical (unpaired) electrons. The molecule has 1 aliphatic rings. The summed E-state index contributed by atoms with van der Waals surface area (Å²) in [6, 6.07) is -4.72. The summed E-state index contributed by atoms with van der Waals surface area (Å²) in [7, 11) is 0. The minimum atomic E-state index is -2.59. The number of aryl methyl sites for hydroxylation is 1. The zero-order valence-electron chi connectivity index (χ0n) is 27.4. The monoisotopic (exact) mass is 385 g/mol. The van der Waals surface area contributed by atoms with Gasteiger partial charge < -0.3 is 4.90 Å². The first-order valence-corrected chi connectivity index (χ1v) is 7.99. The lowest BCUT2D eigenvalue weighted by atomic mass is 10.2. The predicted molar refractivity (Wildman–Crippen MR) is 104 cm³/mol. The molecular formula is C19H22ClN5O. The first-order chi connectivity index (χ1) is 18.2. The Morgan fingerprint density at radius 2 is 2.08 bits per heavy atom. The van der Waals surface area contributed by atoms with E-state index in [-0.39, 0.29) is 6.54 Å². The number of hydrogen-bond donors (Lipinski definition) is 0. The second-order valence-electron chi connectivity index (χ2n) is 5.27. The van der Waals surface area contributed by atoms with Gasteiger partial charge >= 0.3 is 5.69 Å². The van der Waals surface area contributed by atoms with Crippen molar-refractivity contribution in [2.45, 2.75) is 12.9 Å². The summed E-state index contributed by atoms with van der Waals surface area (Å²) in [5.41, 5.74) is -2.23. The van der Waals surface area contributed by atoms with Crippen molar-refractivity contribution in [3.05, 3.63) is 64.0 Å². The molecule has 3 aromatic rings. The Morgan fingerprint density at radius 1 is 1.23 bits per heavy atom. The van der Waals surface area contributed by atoms with Gasteiger partial charge in [-0.1, -0.05) is 23.7 Å². The van der Waals surface area contributed by atoms with Gasteiger partial charge in [0, 0.05) is 56.0 Å². The van der Waals surface area contributed by atoms with Crippen LogP contribution in [0.15, 0.2) is 53.3 Å². The van der Waals surface area contributed by atoms with Crippen LogP contribution in [0.1, 0.15) is 25.6 Å². The van der Waals surface area contributed by atoms with Gasteiger partial charge in [0.05, 0.1) is 19.2 Å². The number of rotatable bonds is 5. The van der Waals surface area contributed by atoms with Gasteiger partial charge in [-0.2, -0.15) is 0 Å². The second kappa shape index (κ2) is 7.51. The molecule has 0 bridgehead atoms. The highest BCUT2D eigenvalue weighted by Crippen LogP contribution is 2.20. The van der Waals surface area contributed by atoms with Crippen molar-refractivity contribution in [3.8, 4) is 0 Å². The lowest BCUT2D eigenvalue weighted by Crippen LogP contribution is -2.46. The fourth-order valence-corrected chi connectivity index (χ4v) is 2.47. The average molecular weight is 386 g/mol. The molecule has 4 rings (SSSR count). The van der Waals surface area contributed by atoms with Crippen LogP contribution in [0.25, 0.3) is 5.65 Å². The molecule has 0 N–H and O–H groups in total. The maximum atomic E-state index is 12.9. The van der Waals surface area contributed by atoms with E-state index in [4.69, 9.17) is 30.8 Å². The van der Waals surface area contributed by atoms with E-state index >= 15 is 0 Å². The van der Waals surface area contributed by atoms with E-state index in [9.17, 15) is 4.79 Å². The molecule has 26 heavy (non-hydrogen) atoms. The van der Waals surface area contributed by atoms with Crippen LogP contribution in [0.3, 0.4) is 0 Å². The molecular weight excluding hydrogens is 350 g/mol. The molecule has 0 saturated carbocycles. The van der Waals surface area contributed by atoms with Crippen LogP contribution in [0, 0.1) is 0 Å². The Morgan fingerprint density at radius 3 is 2.92 bits per heavy atom. The maximum absolute atomic E-state index is 12.9. The number of nitrogens with zero attached hydrogens (tertiary/aromatic N) is 5. The Balaban J connectivity index is 1.64. The molecule has 0 unspecified atom stereocenters. The Hall–Kier alpha value is -2.31.